The molecule has 0 spiro atoms. The summed E-state index contributed by atoms with van der Waals surface area (Å²) in [5.41, 5.74) is 2.31. The Morgan fingerprint density at radius 2 is 2.18 bits per heavy atom. The Hall–Kier alpha value is -1.61. The highest BCUT2D eigenvalue weighted by Gasteiger charge is 2.42. The molecule has 17 heavy (non-hydrogen) atoms. The van der Waals surface area contributed by atoms with E-state index < -0.39 is 17.7 Å². The molecule has 1 aliphatic rings. The number of nitrogens with zero attached hydrogens (tertiary/aromatic N) is 1. The summed E-state index contributed by atoms with van der Waals surface area (Å²) in [6.07, 6.45) is -0.908. The molecule has 90 valence electrons. The third-order valence-corrected chi connectivity index (χ3v) is 3.01. The fourth-order valence-corrected chi connectivity index (χ4v) is 2.01. The van der Waals surface area contributed by atoms with Crippen LogP contribution in [0.1, 0.15) is 31.0 Å². The first-order valence-electron chi connectivity index (χ1n) is 5.30. The Morgan fingerprint density at radius 3 is 2.76 bits per heavy atom. The lowest BCUT2D eigenvalue weighted by molar-refractivity contribution is -0.0884. The van der Waals surface area contributed by atoms with Gasteiger partial charge < -0.3 is 15.1 Å². The number of hydrogen-bond donors (Lipinski definition) is 3. The summed E-state index contributed by atoms with van der Waals surface area (Å²) >= 11 is 0. The van der Waals surface area contributed by atoms with Crippen molar-refractivity contribution < 1.29 is 15.1 Å². The minimum atomic E-state index is -0.908. The largest absolute Gasteiger partial charge is 0.485 e. The Kier molecular flexibility index (Phi) is 2.79. The van der Waals surface area contributed by atoms with Crippen molar-refractivity contribution >= 4 is 0 Å². The van der Waals surface area contributed by atoms with Crippen molar-refractivity contribution in [3.05, 3.63) is 29.3 Å². The number of nitriles is 1. The van der Waals surface area contributed by atoms with Gasteiger partial charge in [-0.25, -0.2) is 0 Å². The molecule has 0 aliphatic carbocycles. The highest BCUT2D eigenvalue weighted by Crippen LogP contribution is 2.39. The van der Waals surface area contributed by atoms with Crippen LogP contribution in [0.4, 0.5) is 0 Å². The number of hydrogen-bond acceptors (Lipinski definition) is 5. The van der Waals surface area contributed by atoms with Crippen LogP contribution in [0.25, 0.3) is 0 Å². The summed E-state index contributed by atoms with van der Waals surface area (Å²) < 4.78 is 5.65. The van der Waals surface area contributed by atoms with Crippen molar-refractivity contribution in [1.29, 1.82) is 5.26 Å². The Morgan fingerprint density at radius 1 is 1.47 bits per heavy atom. The van der Waals surface area contributed by atoms with Crippen molar-refractivity contribution in [2.75, 3.05) is 0 Å². The van der Waals surface area contributed by atoms with E-state index in [9.17, 15) is 5.11 Å². The van der Waals surface area contributed by atoms with E-state index >= 15 is 0 Å². The molecule has 2 rings (SSSR count). The highest BCUT2D eigenvalue weighted by molar-refractivity contribution is 5.46. The van der Waals surface area contributed by atoms with Crippen LogP contribution in [0.5, 0.6) is 5.75 Å². The molecule has 0 amide bonds. The van der Waals surface area contributed by atoms with E-state index in [4.69, 9.17) is 15.2 Å². The fourth-order valence-electron chi connectivity index (χ4n) is 2.01. The van der Waals surface area contributed by atoms with Crippen LogP contribution >= 0.6 is 0 Å². The zero-order chi connectivity index (χ0) is 12.6. The maximum atomic E-state index is 10.1. The van der Waals surface area contributed by atoms with Crippen LogP contribution < -0.4 is 10.2 Å². The van der Waals surface area contributed by atoms with E-state index in [1.54, 1.807) is 32.0 Å². The third-order valence-electron chi connectivity index (χ3n) is 3.01. The number of nitrogens with one attached hydrogen (secondary N) is 1. The number of rotatable bonds is 1. The molecule has 1 aliphatic heterocycles. The lowest BCUT2D eigenvalue weighted by Crippen LogP contribution is -2.52. The molecule has 0 aromatic heterocycles. The molecule has 2 unspecified atom stereocenters. The monoisotopic (exact) mass is 234 g/mol. The number of benzene rings is 1. The van der Waals surface area contributed by atoms with Crippen molar-refractivity contribution in [1.82, 2.24) is 5.48 Å². The Balaban J connectivity index is 2.53. The standard InChI is InChI=1S/C12H14N2O3/c1-12(2)11(15)10(14-16)8-5-7(6-13)3-4-9(8)17-12/h3-5,10-11,14-16H,1-2H3. The van der Waals surface area contributed by atoms with Gasteiger partial charge in [-0.3, -0.25) is 0 Å². The molecule has 0 fully saturated rings. The number of aliphatic hydroxyl groups is 1. The van der Waals surface area contributed by atoms with Gasteiger partial charge in [0.1, 0.15) is 17.5 Å². The maximum Gasteiger partial charge on any atom is 0.131 e. The van der Waals surface area contributed by atoms with Crippen LogP contribution in [0, 0.1) is 11.3 Å². The van der Waals surface area contributed by atoms with Crippen LogP contribution in [0.15, 0.2) is 18.2 Å². The molecule has 5 heteroatoms. The first-order chi connectivity index (χ1) is 7.99. The molecule has 5 nitrogen and oxygen atoms in total. The summed E-state index contributed by atoms with van der Waals surface area (Å²) in [5.74, 6) is 0.561. The van der Waals surface area contributed by atoms with Crippen LogP contribution in [0.2, 0.25) is 0 Å². The fraction of sp³-hybridized carbons (Fsp3) is 0.417. The SMILES string of the molecule is CC1(C)Oc2ccc(C#N)cc2C(NO)C1O. The van der Waals surface area contributed by atoms with Gasteiger partial charge in [-0.15, -0.1) is 0 Å². The predicted molar refractivity (Wildman–Crippen MR) is 59.5 cm³/mol. The molecule has 3 N–H and O–H groups in total. The Bertz CT molecular complexity index is 479. The molecule has 0 radical (unpaired) electrons. The minimum absolute atomic E-state index is 0.458. The highest BCUT2D eigenvalue weighted by atomic mass is 16.5. The van der Waals surface area contributed by atoms with Crippen molar-refractivity contribution in [3.63, 3.8) is 0 Å². The van der Waals surface area contributed by atoms with Gasteiger partial charge in [0.25, 0.3) is 0 Å². The molecule has 1 aromatic rings. The van der Waals surface area contributed by atoms with Crippen molar-refractivity contribution in [2.24, 2.45) is 0 Å². The quantitative estimate of drug-likeness (QED) is 0.634. The molecule has 1 aromatic carbocycles. The molecule has 2 atom stereocenters. The van der Waals surface area contributed by atoms with Gasteiger partial charge in [0.2, 0.25) is 0 Å². The minimum Gasteiger partial charge on any atom is -0.485 e. The summed E-state index contributed by atoms with van der Waals surface area (Å²) in [5, 5.41) is 28.1. The topological polar surface area (TPSA) is 85.5 Å². The molecular weight excluding hydrogens is 220 g/mol. The summed E-state index contributed by atoms with van der Waals surface area (Å²) in [7, 11) is 0. The summed E-state index contributed by atoms with van der Waals surface area (Å²) in [4.78, 5) is 0. The van der Waals surface area contributed by atoms with Crippen LogP contribution in [-0.2, 0) is 0 Å². The van der Waals surface area contributed by atoms with Gasteiger partial charge >= 0.3 is 0 Å². The average molecular weight is 234 g/mol. The number of fused-ring (bicyclic) bond motifs is 1. The lowest BCUT2D eigenvalue weighted by atomic mass is 9.86. The zero-order valence-corrected chi connectivity index (χ0v) is 9.64. The zero-order valence-electron chi connectivity index (χ0n) is 9.64. The molecule has 0 bridgehead atoms. The van der Waals surface area contributed by atoms with Gasteiger partial charge in [0, 0.05) is 5.56 Å². The van der Waals surface area contributed by atoms with Crippen molar-refractivity contribution in [2.45, 2.75) is 31.6 Å². The second-order valence-corrected chi connectivity index (χ2v) is 4.62. The second kappa shape index (κ2) is 4.00. The lowest BCUT2D eigenvalue weighted by Gasteiger charge is -2.41. The number of ether oxygens (including phenoxy) is 1. The Labute approximate surface area is 99.2 Å². The summed E-state index contributed by atoms with van der Waals surface area (Å²) in [6, 6.07) is 6.26. The maximum absolute atomic E-state index is 10.1. The summed E-state index contributed by atoms with van der Waals surface area (Å²) in [6.45, 7) is 3.48. The van der Waals surface area contributed by atoms with E-state index in [1.807, 2.05) is 6.07 Å². The van der Waals surface area contributed by atoms with E-state index in [-0.39, 0.29) is 0 Å². The van der Waals surface area contributed by atoms with Crippen molar-refractivity contribution in [3.8, 4) is 11.8 Å². The van der Waals surface area contributed by atoms with E-state index in [1.165, 1.54) is 0 Å². The first kappa shape index (κ1) is 11.9. The number of aliphatic hydroxyl groups excluding tert-OH is 1. The second-order valence-electron chi connectivity index (χ2n) is 4.62. The third kappa shape index (κ3) is 1.87. The normalized spacial score (nSPS) is 25.6. The van der Waals surface area contributed by atoms with E-state index in [2.05, 4.69) is 5.48 Å². The van der Waals surface area contributed by atoms with Crippen LogP contribution in [-0.4, -0.2) is 22.0 Å². The number of hydroxylamine groups is 1. The molecule has 1 heterocycles. The van der Waals surface area contributed by atoms with Crippen LogP contribution in [0.3, 0.4) is 0 Å². The van der Waals surface area contributed by atoms with Gasteiger partial charge in [0.15, 0.2) is 0 Å². The van der Waals surface area contributed by atoms with Gasteiger partial charge in [0.05, 0.1) is 17.7 Å². The van der Waals surface area contributed by atoms with Gasteiger partial charge in [-0.2, -0.15) is 10.7 Å². The van der Waals surface area contributed by atoms with Gasteiger partial charge in [-0.1, -0.05) is 0 Å². The average Bonchev–Trinajstić information content (AvgIpc) is 2.30. The van der Waals surface area contributed by atoms with Gasteiger partial charge in [-0.05, 0) is 32.0 Å². The predicted octanol–water partition coefficient (Wildman–Crippen LogP) is 1.11. The smallest absolute Gasteiger partial charge is 0.131 e. The molecular formula is C12H14N2O3. The first-order valence-corrected chi connectivity index (χ1v) is 5.30. The molecule has 0 saturated carbocycles. The van der Waals surface area contributed by atoms with E-state index in [0.717, 1.165) is 0 Å². The van der Waals surface area contributed by atoms with E-state index in [0.29, 0.717) is 16.9 Å². The molecule has 0 saturated heterocycles.